The number of ether oxygens (including phenoxy) is 1. The van der Waals surface area contributed by atoms with Gasteiger partial charge in [-0.05, 0) is 12.8 Å². The monoisotopic (exact) mass is 156 g/mol. The highest BCUT2D eigenvalue weighted by Gasteiger charge is 2.36. The summed E-state index contributed by atoms with van der Waals surface area (Å²) < 4.78 is 5.34. The molecule has 1 fully saturated rings. The predicted octanol–water partition coefficient (Wildman–Crippen LogP) is 0.0840. The molecule has 0 spiro atoms. The maximum absolute atomic E-state index is 5.47. The molecule has 0 amide bonds. The Kier molecular flexibility index (Phi) is 1.79. The van der Waals surface area contributed by atoms with Crippen LogP contribution in [0.2, 0.25) is 0 Å². The Morgan fingerprint density at radius 2 is 2.55 bits per heavy atom. The Hall–Kier alpha value is -0.610. The number of oxime groups is 1. The van der Waals surface area contributed by atoms with Crippen molar-refractivity contribution in [3.8, 4) is 0 Å². The molecule has 62 valence electrons. The summed E-state index contributed by atoms with van der Waals surface area (Å²) in [6, 6.07) is 0. The minimum absolute atomic E-state index is 0.137. The van der Waals surface area contributed by atoms with E-state index in [1.807, 2.05) is 0 Å². The Labute approximate surface area is 65.3 Å². The summed E-state index contributed by atoms with van der Waals surface area (Å²) in [6.07, 6.45) is 2.05. The normalized spacial score (nSPS) is 35.9. The largest absolute Gasteiger partial charge is 0.363 e. The molecular weight excluding hydrogens is 144 g/mol. The Balaban J connectivity index is 2.05. The second-order valence-electron chi connectivity index (χ2n) is 2.88. The fourth-order valence-corrected chi connectivity index (χ4v) is 1.56. The van der Waals surface area contributed by atoms with Gasteiger partial charge in [-0.25, -0.2) is 0 Å². The van der Waals surface area contributed by atoms with Crippen molar-refractivity contribution in [2.75, 3.05) is 13.2 Å². The smallest absolute Gasteiger partial charge is 0.235 e. The van der Waals surface area contributed by atoms with Crippen molar-refractivity contribution in [2.24, 2.45) is 16.8 Å². The van der Waals surface area contributed by atoms with Crippen molar-refractivity contribution in [3.63, 3.8) is 0 Å². The molecule has 0 aromatic heterocycles. The van der Waals surface area contributed by atoms with Crippen LogP contribution in [0, 0.1) is 5.92 Å². The minimum atomic E-state index is -0.137. The van der Waals surface area contributed by atoms with Crippen molar-refractivity contribution >= 4 is 5.71 Å². The molecule has 4 heteroatoms. The molecular formula is C7H12N2O2. The first-order valence-electron chi connectivity index (χ1n) is 3.96. The van der Waals surface area contributed by atoms with Gasteiger partial charge in [-0.3, -0.25) is 0 Å². The van der Waals surface area contributed by atoms with Gasteiger partial charge >= 0.3 is 0 Å². The first-order valence-corrected chi connectivity index (χ1v) is 3.96. The zero-order chi connectivity index (χ0) is 7.68. The fourth-order valence-electron chi connectivity index (χ4n) is 1.56. The lowest BCUT2D eigenvalue weighted by atomic mass is 9.96. The van der Waals surface area contributed by atoms with Gasteiger partial charge in [0.05, 0.1) is 18.2 Å². The lowest BCUT2D eigenvalue weighted by Gasteiger charge is -2.23. The van der Waals surface area contributed by atoms with Crippen LogP contribution in [0.1, 0.15) is 12.8 Å². The number of nitrogens with zero attached hydrogens (tertiary/aromatic N) is 1. The quantitative estimate of drug-likeness (QED) is 0.585. The zero-order valence-electron chi connectivity index (χ0n) is 6.32. The van der Waals surface area contributed by atoms with Gasteiger partial charge in [0.1, 0.15) is 0 Å². The number of hydrogen-bond acceptors (Lipinski definition) is 4. The van der Waals surface area contributed by atoms with Gasteiger partial charge in [0.2, 0.25) is 6.29 Å². The van der Waals surface area contributed by atoms with E-state index in [9.17, 15) is 0 Å². The molecule has 2 atom stereocenters. The van der Waals surface area contributed by atoms with Crippen molar-refractivity contribution < 1.29 is 9.57 Å². The molecule has 11 heavy (non-hydrogen) atoms. The van der Waals surface area contributed by atoms with E-state index in [2.05, 4.69) is 5.16 Å². The zero-order valence-corrected chi connectivity index (χ0v) is 6.32. The summed E-state index contributed by atoms with van der Waals surface area (Å²) in [7, 11) is 0. The van der Waals surface area contributed by atoms with Gasteiger partial charge in [0, 0.05) is 6.54 Å². The maximum Gasteiger partial charge on any atom is 0.235 e. The Morgan fingerprint density at radius 3 is 3.36 bits per heavy atom. The van der Waals surface area contributed by atoms with Gasteiger partial charge < -0.3 is 15.3 Å². The van der Waals surface area contributed by atoms with Crippen LogP contribution in [-0.4, -0.2) is 25.2 Å². The second kappa shape index (κ2) is 2.79. The van der Waals surface area contributed by atoms with Gasteiger partial charge in [-0.2, -0.15) is 0 Å². The van der Waals surface area contributed by atoms with E-state index >= 15 is 0 Å². The average molecular weight is 156 g/mol. The van der Waals surface area contributed by atoms with Crippen molar-refractivity contribution in [2.45, 2.75) is 19.1 Å². The lowest BCUT2D eigenvalue weighted by molar-refractivity contribution is -0.162. The van der Waals surface area contributed by atoms with E-state index in [0.717, 1.165) is 25.2 Å². The minimum Gasteiger partial charge on any atom is -0.363 e. The summed E-state index contributed by atoms with van der Waals surface area (Å²) in [6.45, 7) is 1.28. The van der Waals surface area contributed by atoms with Gasteiger partial charge in [-0.1, -0.05) is 5.16 Å². The van der Waals surface area contributed by atoms with Gasteiger partial charge in [0.25, 0.3) is 0 Å². The van der Waals surface area contributed by atoms with E-state index in [1.54, 1.807) is 0 Å². The van der Waals surface area contributed by atoms with Crippen LogP contribution >= 0.6 is 0 Å². The van der Waals surface area contributed by atoms with E-state index in [4.69, 9.17) is 15.3 Å². The number of fused-ring (bicyclic) bond motifs is 1. The molecule has 2 aliphatic heterocycles. The molecule has 4 nitrogen and oxygen atoms in total. The fraction of sp³-hybridized carbons (Fsp3) is 0.857. The van der Waals surface area contributed by atoms with Crippen molar-refractivity contribution in [1.29, 1.82) is 0 Å². The molecule has 0 radical (unpaired) electrons. The standard InChI is InChI=1S/C7H12N2O2/c8-4-6-5-2-1-3-10-7(5)11-9-6/h5,7H,1-4,8H2. The van der Waals surface area contributed by atoms with Crippen LogP contribution in [-0.2, 0) is 9.57 Å². The van der Waals surface area contributed by atoms with Crippen molar-refractivity contribution in [1.82, 2.24) is 0 Å². The molecule has 0 aliphatic carbocycles. The number of nitrogens with two attached hydrogens (primary N) is 1. The summed E-state index contributed by atoms with van der Waals surface area (Å²) in [5.41, 5.74) is 6.43. The topological polar surface area (TPSA) is 56.8 Å². The molecule has 1 saturated heterocycles. The second-order valence-corrected chi connectivity index (χ2v) is 2.88. The van der Waals surface area contributed by atoms with Gasteiger partial charge in [0.15, 0.2) is 0 Å². The molecule has 2 N–H and O–H groups in total. The van der Waals surface area contributed by atoms with E-state index in [-0.39, 0.29) is 6.29 Å². The molecule has 2 rings (SSSR count). The molecule has 0 aromatic carbocycles. The summed E-state index contributed by atoms with van der Waals surface area (Å²) in [5, 5.41) is 3.87. The summed E-state index contributed by atoms with van der Waals surface area (Å²) in [5.74, 6) is 0.328. The number of hydrogen-bond donors (Lipinski definition) is 1. The van der Waals surface area contributed by atoms with Gasteiger partial charge in [-0.15, -0.1) is 0 Å². The third-order valence-corrected chi connectivity index (χ3v) is 2.18. The van der Waals surface area contributed by atoms with E-state index in [0.29, 0.717) is 12.5 Å². The molecule has 2 unspecified atom stereocenters. The molecule has 0 bridgehead atoms. The first-order chi connectivity index (χ1) is 5.42. The predicted molar refractivity (Wildman–Crippen MR) is 40.0 cm³/mol. The van der Waals surface area contributed by atoms with E-state index in [1.165, 1.54) is 0 Å². The highest BCUT2D eigenvalue weighted by atomic mass is 16.8. The van der Waals surface area contributed by atoms with Crippen LogP contribution in [0.25, 0.3) is 0 Å². The summed E-state index contributed by atoms with van der Waals surface area (Å²) in [4.78, 5) is 5.05. The molecule has 0 aromatic rings. The highest BCUT2D eigenvalue weighted by Crippen LogP contribution is 2.27. The van der Waals surface area contributed by atoms with Crippen LogP contribution in [0.4, 0.5) is 0 Å². The molecule has 0 saturated carbocycles. The Bertz CT molecular complexity index is 181. The third kappa shape index (κ3) is 1.12. The van der Waals surface area contributed by atoms with Crippen LogP contribution in [0.5, 0.6) is 0 Å². The third-order valence-electron chi connectivity index (χ3n) is 2.18. The number of rotatable bonds is 1. The Morgan fingerprint density at radius 1 is 1.64 bits per heavy atom. The molecule has 2 heterocycles. The molecule has 2 aliphatic rings. The van der Waals surface area contributed by atoms with E-state index < -0.39 is 0 Å². The highest BCUT2D eigenvalue weighted by molar-refractivity contribution is 5.89. The van der Waals surface area contributed by atoms with Crippen molar-refractivity contribution in [3.05, 3.63) is 0 Å². The summed E-state index contributed by atoms with van der Waals surface area (Å²) >= 11 is 0. The van der Waals surface area contributed by atoms with Crippen LogP contribution in [0.3, 0.4) is 0 Å². The lowest BCUT2D eigenvalue weighted by Crippen LogP contribution is -2.33. The SMILES string of the molecule is NCC1=NOC2OCCCC12. The first kappa shape index (κ1) is 7.06. The van der Waals surface area contributed by atoms with Crippen LogP contribution < -0.4 is 5.73 Å². The maximum atomic E-state index is 5.47. The average Bonchev–Trinajstić information content (AvgIpc) is 2.47. The van der Waals surface area contributed by atoms with Crippen LogP contribution in [0.15, 0.2) is 5.16 Å².